The number of hydrogen-bond acceptors (Lipinski definition) is 4. The highest BCUT2D eigenvalue weighted by atomic mass is 35.5. The molecule has 2 aromatic carbocycles. The fourth-order valence-electron chi connectivity index (χ4n) is 2.26. The number of hydrogen-bond donors (Lipinski definition) is 2. The number of aromatic nitrogens is 1. The lowest BCUT2D eigenvalue weighted by Gasteiger charge is -2.14. The predicted octanol–water partition coefficient (Wildman–Crippen LogP) is 5.69. The summed E-state index contributed by atoms with van der Waals surface area (Å²) in [6, 6.07) is 13.3. The maximum absolute atomic E-state index is 12.5. The molecular weight excluding hydrogens is 399 g/mol. The lowest BCUT2D eigenvalue weighted by molar-refractivity contribution is -0.115. The molecule has 0 radical (unpaired) electrons. The van der Waals surface area contributed by atoms with Crippen molar-refractivity contribution >= 4 is 40.2 Å². The van der Waals surface area contributed by atoms with E-state index in [9.17, 15) is 18.0 Å². The third-order valence-electron chi connectivity index (χ3n) is 3.49. The molecule has 0 unspecified atom stereocenters. The van der Waals surface area contributed by atoms with Gasteiger partial charge < -0.3 is 10.6 Å². The molecule has 0 atom stereocenters. The third-order valence-corrected chi connectivity index (χ3v) is 4.85. The number of alkyl halides is 3. The fourth-order valence-corrected chi connectivity index (χ4v) is 3.40. The average molecular weight is 412 g/mol. The zero-order valence-corrected chi connectivity index (χ0v) is 15.3. The molecule has 0 aliphatic rings. The van der Waals surface area contributed by atoms with Gasteiger partial charge in [-0.15, -0.1) is 11.3 Å². The highest BCUT2D eigenvalue weighted by Crippen LogP contribution is 2.31. The standard InChI is InChI=1S/C18H13ClF3N3OS/c19-12-6-2-1-5-11(12)17-23-9-15(27-17)16(26)25-14-8-4-3-7-13(14)24-10-18(20,21)22/h1-9,24H,10H2,(H,25,26). The van der Waals surface area contributed by atoms with Gasteiger partial charge in [0.1, 0.15) is 16.4 Å². The van der Waals surface area contributed by atoms with E-state index in [1.54, 1.807) is 30.3 Å². The Morgan fingerprint density at radius 2 is 1.74 bits per heavy atom. The number of benzene rings is 2. The SMILES string of the molecule is O=C(Nc1ccccc1NCC(F)(F)F)c1cnc(-c2ccccc2Cl)s1. The number of anilines is 2. The first-order valence-electron chi connectivity index (χ1n) is 7.75. The summed E-state index contributed by atoms with van der Waals surface area (Å²) in [5, 5.41) is 5.98. The Kier molecular flexibility index (Phi) is 5.67. The van der Waals surface area contributed by atoms with E-state index in [0.717, 1.165) is 11.3 Å². The van der Waals surface area contributed by atoms with Gasteiger partial charge in [0, 0.05) is 5.56 Å². The Bertz CT molecular complexity index is 959. The van der Waals surface area contributed by atoms with Crippen LogP contribution in [0.15, 0.2) is 54.7 Å². The number of rotatable bonds is 5. The molecule has 1 amide bonds. The summed E-state index contributed by atoms with van der Waals surface area (Å²) in [6.45, 7) is -1.20. The second-order valence-electron chi connectivity index (χ2n) is 5.48. The largest absolute Gasteiger partial charge is 0.405 e. The number of carbonyl (C=O) groups is 1. The Balaban J connectivity index is 1.76. The highest BCUT2D eigenvalue weighted by molar-refractivity contribution is 7.17. The molecule has 140 valence electrons. The number of nitrogens with zero attached hydrogens (tertiary/aromatic N) is 1. The molecule has 27 heavy (non-hydrogen) atoms. The summed E-state index contributed by atoms with van der Waals surface area (Å²) in [7, 11) is 0. The molecule has 0 saturated heterocycles. The molecule has 2 N–H and O–H groups in total. The first-order chi connectivity index (χ1) is 12.8. The van der Waals surface area contributed by atoms with Crippen LogP contribution in [0.5, 0.6) is 0 Å². The van der Waals surface area contributed by atoms with E-state index in [4.69, 9.17) is 11.6 Å². The smallest absolute Gasteiger partial charge is 0.375 e. The zero-order chi connectivity index (χ0) is 19.4. The van der Waals surface area contributed by atoms with Crippen LogP contribution < -0.4 is 10.6 Å². The van der Waals surface area contributed by atoms with Gasteiger partial charge in [-0.05, 0) is 18.2 Å². The Morgan fingerprint density at radius 1 is 1.07 bits per heavy atom. The lowest BCUT2D eigenvalue weighted by atomic mass is 10.2. The Labute approximate surface area is 162 Å². The molecule has 3 aromatic rings. The number of nitrogens with one attached hydrogen (secondary N) is 2. The van der Waals surface area contributed by atoms with Crippen LogP contribution in [0.2, 0.25) is 5.02 Å². The van der Waals surface area contributed by atoms with Gasteiger partial charge in [0.2, 0.25) is 0 Å². The Morgan fingerprint density at radius 3 is 2.44 bits per heavy atom. The van der Waals surface area contributed by atoms with Crippen LogP contribution in [0.3, 0.4) is 0 Å². The maximum atomic E-state index is 12.5. The molecule has 9 heteroatoms. The minimum atomic E-state index is -4.36. The van der Waals surface area contributed by atoms with Crippen LogP contribution >= 0.6 is 22.9 Å². The van der Waals surface area contributed by atoms with E-state index in [-0.39, 0.29) is 11.4 Å². The van der Waals surface area contributed by atoms with E-state index >= 15 is 0 Å². The van der Waals surface area contributed by atoms with Gasteiger partial charge >= 0.3 is 6.18 Å². The Hall–Kier alpha value is -2.58. The van der Waals surface area contributed by atoms with Gasteiger partial charge in [-0.3, -0.25) is 4.79 Å². The van der Waals surface area contributed by atoms with Crippen molar-refractivity contribution in [2.24, 2.45) is 0 Å². The van der Waals surface area contributed by atoms with Crippen molar-refractivity contribution < 1.29 is 18.0 Å². The summed E-state index contributed by atoms with van der Waals surface area (Å²) in [6.07, 6.45) is -2.96. The molecule has 4 nitrogen and oxygen atoms in total. The molecule has 0 aliphatic heterocycles. The van der Waals surface area contributed by atoms with Gasteiger partial charge in [-0.1, -0.05) is 41.9 Å². The van der Waals surface area contributed by atoms with Crippen molar-refractivity contribution in [1.82, 2.24) is 4.98 Å². The fraction of sp³-hybridized carbons (Fsp3) is 0.111. The molecule has 0 aliphatic carbocycles. The van der Waals surface area contributed by atoms with Crippen LogP contribution in [-0.4, -0.2) is 23.6 Å². The van der Waals surface area contributed by atoms with Crippen LogP contribution in [0.1, 0.15) is 9.67 Å². The topological polar surface area (TPSA) is 54.0 Å². The zero-order valence-electron chi connectivity index (χ0n) is 13.7. The van der Waals surface area contributed by atoms with E-state index in [0.29, 0.717) is 20.5 Å². The number of carbonyl (C=O) groups excluding carboxylic acids is 1. The minimum Gasteiger partial charge on any atom is -0.375 e. The van der Waals surface area contributed by atoms with Crippen molar-refractivity contribution in [2.75, 3.05) is 17.2 Å². The summed E-state index contributed by atoms with van der Waals surface area (Å²) < 4.78 is 37.3. The van der Waals surface area contributed by atoms with Crippen molar-refractivity contribution in [3.05, 3.63) is 64.6 Å². The highest BCUT2D eigenvalue weighted by Gasteiger charge is 2.27. The molecule has 0 bridgehead atoms. The minimum absolute atomic E-state index is 0.180. The van der Waals surface area contributed by atoms with Crippen molar-refractivity contribution in [2.45, 2.75) is 6.18 Å². The normalized spacial score (nSPS) is 11.3. The van der Waals surface area contributed by atoms with Crippen LogP contribution in [0, 0.1) is 0 Å². The summed E-state index contributed by atoms with van der Waals surface area (Å²) in [4.78, 5) is 17.0. The molecule has 0 fully saturated rings. The summed E-state index contributed by atoms with van der Waals surface area (Å²) >= 11 is 7.28. The second-order valence-corrected chi connectivity index (χ2v) is 6.92. The summed E-state index contributed by atoms with van der Waals surface area (Å²) in [5.74, 6) is -0.466. The molecule has 1 aromatic heterocycles. The van der Waals surface area contributed by atoms with Gasteiger partial charge in [0.05, 0.1) is 22.6 Å². The third kappa shape index (κ3) is 4.99. The molecule has 0 spiro atoms. The molecule has 1 heterocycles. The quantitative estimate of drug-likeness (QED) is 0.567. The van der Waals surface area contributed by atoms with Crippen molar-refractivity contribution in [3.8, 4) is 10.6 Å². The van der Waals surface area contributed by atoms with Crippen LogP contribution in [0.25, 0.3) is 10.6 Å². The average Bonchev–Trinajstić information content (AvgIpc) is 3.11. The van der Waals surface area contributed by atoms with Gasteiger partial charge in [-0.25, -0.2) is 4.98 Å². The second kappa shape index (κ2) is 7.98. The van der Waals surface area contributed by atoms with Gasteiger partial charge in [-0.2, -0.15) is 13.2 Å². The number of para-hydroxylation sites is 2. The maximum Gasteiger partial charge on any atom is 0.405 e. The first-order valence-corrected chi connectivity index (χ1v) is 8.95. The van der Waals surface area contributed by atoms with Gasteiger partial charge in [0.15, 0.2) is 0 Å². The predicted molar refractivity (Wildman–Crippen MR) is 101 cm³/mol. The lowest BCUT2D eigenvalue weighted by Crippen LogP contribution is -2.22. The van der Waals surface area contributed by atoms with Gasteiger partial charge in [0.25, 0.3) is 5.91 Å². The number of thiazole rings is 1. The monoisotopic (exact) mass is 411 g/mol. The number of halogens is 4. The summed E-state index contributed by atoms with van der Waals surface area (Å²) in [5.41, 5.74) is 1.13. The van der Waals surface area contributed by atoms with Crippen LogP contribution in [-0.2, 0) is 0 Å². The number of amides is 1. The molecular formula is C18H13ClF3N3OS. The first kappa shape index (κ1) is 19.2. The van der Waals surface area contributed by atoms with Crippen LogP contribution in [0.4, 0.5) is 24.5 Å². The van der Waals surface area contributed by atoms with E-state index in [1.807, 2.05) is 6.07 Å². The molecule has 0 saturated carbocycles. The van der Waals surface area contributed by atoms with E-state index in [2.05, 4.69) is 15.6 Å². The molecule has 3 rings (SSSR count). The van der Waals surface area contributed by atoms with Crippen molar-refractivity contribution in [1.29, 1.82) is 0 Å². The van der Waals surface area contributed by atoms with E-state index < -0.39 is 18.6 Å². The van der Waals surface area contributed by atoms with Crippen molar-refractivity contribution in [3.63, 3.8) is 0 Å². The van der Waals surface area contributed by atoms with E-state index in [1.165, 1.54) is 18.3 Å².